The van der Waals surface area contributed by atoms with Gasteiger partial charge in [-0.3, -0.25) is 4.79 Å². The minimum atomic E-state index is -2.49. The van der Waals surface area contributed by atoms with Crippen LogP contribution in [0, 0.1) is 0 Å². The van der Waals surface area contributed by atoms with Gasteiger partial charge in [0.2, 0.25) is 5.60 Å². The number of hydrogen-bond donors (Lipinski definition) is 1. The molecule has 1 N–H and O–H groups in total. The summed E-state index contributed by atoms with van der Waals surface area (Å²) < 4.78 is 9.34. The molecule has 0 saturated heterocycles. The summed E-state index contributed by atoms with van der Waals surface area (Å²) in [6.45, 7) is 3.10. The van der Waals surface area contributed by atoms with Gasteiger partial charge in [0.05, 0.1) is 13.2 Å². The van der Waals surface area contributed by atoms with E-state index in [0.717, 1.165) is 24.8 Å². The maximum absolute atomic E-state index is 12.1. The highest BCUT2D eigenvalue weighted by Gasteiger charge is 2.49. The Morgan fingerprint density at radius 1 is 1.19 bits per heavy atom. The van der Waals surface area contributed by atoms with Gasteiger partial charge in [0.25, 0.3) is 5.78 Å². The average molecular weight is 298 g/mol. The summed E-state index contributed by atoms with van der Waals surface area (Å²) in [4.78, 5) is 35.6. The first kappa shape index (κ1) is 17.4. The van der Waals surface area contributed by atoms with E-state index in [2.05, 4.69) is 4.74 Å². The number of allylic oxidation sites excluding steroid dienone is 1. The van der Waals surface area contributed by atoms with Crippen LogP contribution in [0.3, 0.4) is 0 Å². The zero-order chi connectivity index (χ0) is 15.9. The van der Waals surface area contributed by atoms with Gasteiger partial charge in [-0.25, -0.2) is 9.59 Å². The smallest absolute Gasteiger partial charge is 0.378 e. The minimum Gasteiger partial charge on any atom is -0.463 e. The molecule has 6 nitrogen and oxygen atoms in total. The standard InChI is InChI=1S/C15H22O6/c1-3-20-13(17)12(16)15(19,14(18)21-4-2)10-11-8-6-5-7-9-11/h8,19H,3-7,9-10H2,1-2H3. The van der Waals surface area contributed by atoms with Crippen molar-refractivity contribution >= 4 is 17.7 Å². The van der Waals surface area contributed by atoms with Crippen molar-refractivity contribution < 1.29 is 29.0 Å². The molecule has 118 valence electrons. The van der Waals surface area contributed by atoms with Gasteiger partial charge in [0, 0.05) is 6.42 Å². The number of esters is 2. The van der Waals surface area contributed by atoms with Crippen molar-refractivity contribution in [2.75, 3.05) is 13.2 Å². The second kappa shape index (κ2) is 7.93. The maximum Gasteiger partial charge on any atom is 0.378 e. The summed E-state index contributed by atoms with van der Waals surface area (Å²) >= 11 is 0. The Morgan fingerprint density at radius 3 is 2.38 bits per heavy atom. The minimum absolute atomic E-state index is 0.00776. The first-order valence-corrected chi connectivity index (χ1v) is 7.24. The molecule has 0 saturated carbocycles. The van der Waals surface area contributed by atoms with Crippen LogP contribution in [0.1, 0.15) is 46.0 Å². The van der Waals surface area contributed by atoms with E-state index in [4.69, 9.17) is 4.74 Å². The number of Topliss-reactive ketones (excluding diaryl/α,β-unsaturated/α-hetero) is 1. The van der Waals surface area contributed by atoms with Gasteiger partial charge in [-0.2, -0.15) is 0 Å². The lowest BCUT2D eigenvalue weighted by Gasteiger charge is -2.25. The molecule has 1 aliphatic rings. The van der Waals surface area contributed by atoms with Crippen LogP contribution in [0.2, 0.25) is 0 Å². The molecule has 1 aliphatic carbocycles. The van der Waals surface area contributed by atoms with Gasteiger partial charge in [0.15, 0.2) is 0 Å². The van der Waals surface area contributed by atoms with Gasteiger partial charge >= 0.3 is 11.9 Å². The second-order valence-electron chi connectivity index (χ2n) is 4.92. The number of hydrogen-bond acceptors (Lipinski definition) is 6. The quantitative estimate of drug-likeness (QED) is 0.330. The zero-order valence-corrected chi connectivity index (χ0v) is 12.5. The highest BCUT2D eigenvalue weighted by atomic mass is 16.6. The second-order valence-corrected chi connectivity index (χ2v) is 4.92. The van der Waals surface area contributed by atoms with Crippen LogP contribution in [0.15, 0.2) is 11.6 Å². The van der Waals surface area contributed by atoms with Crippen LogP contribution in [-0.4, -0.2) is 41.6 Å². The number of carbonyl (C=O) groups excluding carboxylic acids is 3. The lowest BCUT2D eigenvalue weighted by atomic mass is 9.85. The summed E-state index contributed by atoms with van der Waals surface area (Å²) in [6, 6.07) is 0. The molecule has 0 aromatic rings. The van der Waals surface area contributed by atoms with Gasteiger partial charge in [-0.15, -0.1) is 0 Å². The van der Waals surface area contributed by atoms with Crippen molar-refractivity contribution in [2.45, 2.75) is 51.6 Å². The summed E-state index contributed by atoms with van der Waals surface area (Å²) in [5.41, 5.74) is -1.71. The molecule has 1 rings (SSSR count). The molecular formula is C15H22O6. The molecule has 0 amide bonds. The molecule has 0 fully saturated rings. The van der Waals surface area contributed by atoms with Crippen LogP contribution >= 0.6 is 0 Å². The van der Waals surface area contributed by atoms with Crippen molar-refractivity contribution in [1.29, 1.82) is 0 Å². The van der Waals surface area contributed by atoms with E-state index < -0.39 is 23.3 Å². The summed E-state index contributed by atoms with van der Waals surface area (Å²) in [5, 5.41) is 10.5. The Morgan fingerprint density at radius 2 is 1.86 bits per heavy atom. The number of ether oxygens (including phenoxy) is 2. The normalized spacial score (nSPS) is 17.4. The predicted molar refractivity (Wildman–Crippen MR) is 74.4 cm³/mol. The first-order chi connectivity index (χ1) is 9.95. The van der Waals surface area contributed by atoms with Crippen molar-refractivity contribution in [2.24, 2.45) is 0 Å². The Balaban J connectivity index is 2.98. The van der Waals surface area contributed by atoms with Crippen molar-refractivity contribution in [1.82, 2.24) is 0 Å². The highest BCUT2D eigenvalue weighted by Crippen LogP contribution is 2.27. The largest absolute Gasteiger partial charge is 0.463 e. The fraction of sp³-hybridized carbons (Fsp3) is 0.667. The molecule has 1 unspecified atom stereocenters. The number of ketones is 1. The first-order valence-electron chi connectivity index (χ1n) is 7.24. The van der Waals surface area contributed by atoms with E-state index >= 15 is 0 Å². The van der Waals surface area contributed by atoms with Crippen LogP contribution < -0.4 is 0 Å². The van der Waals surface area contributed by atoms with Crippen LogP contribution in [0.25, 0.3) is 0 Å². The van der Waals surface area contributed by atoms with Crippen molar-refractivity contribution in [3.8, 4) is 0 Å². The lowest BCUT2D eigenvalue weighted by Crippen LogP contribution is -2.51. The molecule has 0 heterocycles. The number of aliphatic hydroxyl groups is 1. The Hall–Kier alpha value is -1.69. The van der Waals surface area contributed by atoms with E-state index in [0.29, 0.717) is 6.42 Å². The monoisotopic (exact) mass is 298 g/mol. The fourth-order valence-electron chi connectivity index (χ4n) is 2.25. The Kier molecular flexibility index (Phi) is 6.55. The molecule has 0 aromatic heterocycles. The van der Waals surface area contributed by atoms with Gasteiger partial charge in [0.1, 0.15) is 0 Å². The molecule has 0 radical (unpaired) electrons. The third kappa shape index (κ3) is 4.39. The van der Waals surface area contributed by atoms with Crippen LogP contribution in [-0.2, 0) is 23.9 Å². The predicted octanol–water partition coefficient (Wildman–Crippen LogP) is 1.30. The van der Waals surface area contributed by atoms with E-state index in [-0.39, 0.29) is 19.6 Å². The third-order valence-electron chi connectivity index (χ3n) is 3.32. The van der Waals surface area contributed by atoms with Crippen molar-refractivity contribution in [3.05, 3.63) is 11.6 Å². The summed E-state index contributed by atoms with van der Waals surface area (Å²) in [5.74, 6) is -3.59. The fourth-order valence-corrected chi connectivity index (χ4v) is 2.25. The summed E-state index contributed by atoms with van der Waals surface area (Å²) in [7, 11) is 0. The number of rotatable bonds is 7. The Labute approximate surface area is 124 Å². The SMILES string of the molecule is CCOC(=O)C(=O)C(O)(CC1=CCCCC1)C(=O)OCC. The third-order valence-corrected chi connectivity index (χ3v) is 3.32. The Bertz CT molecular complexity index is 439. The van der Waals surface area contributed by atoms with Crippen molar-refractivity contribution in [3.63, 3.8) is 0 Å². The molecule has 0 bridgehead atoms. The zero-order valence-electron chi connectivity index (χ0n) is 12.5. The van der Waals surface area contributed by atoms with E-state index in [1.807, 2.05) is 6.08 Å². The lowest BCUT2D eigenvalue weighted by molar-refractivity contribution is -0.177. The molecule has 1 atom stereocenters. The van der Waals surface area contributed by atoms with Gasteiger partial charge < -0.3 is 14.6 Å². The molecule has 6 heteroatoms. The van der Waals surface area contributed by atoms with E-state index in [9.17, 15) is 19.5 Å². The molecule has 0 spiro atoms. The summed E-state index contributed by atoms with van der Waals surface area (Å²) in [6.07, 6.45) is 5.17. The molecular weight excluding hydrogens is 276 g/mol. The van der Waals surface area contributed by atoms with Crippen LogP contribution in [0.5, 0.6) is 0 Å². The topological polar surface area (TPSA) is 89.9 Å². The average Bonchev–Trinajstić information content (AvgIpc) is 2.47. The van der Waals surface area contributed by atoms with E-state index in [1.54, 1.807) is 6.92 Å². The van der Waals surface area contributed by atoms with Gasteiger partial charge in [-0.05, 0) is 39.5 Å². The number of carbonyl (C=O) groups is 3. The van der Waals surface area contributed by atoms with Gasteiger partial charge in [-0.1, -0.05) is 11.6 Å². The molecule has 0 aromatic carbocycles. The van der Waals surface area contributed by atoms with E-state index in [1.165, 1.54) is 6.92 Å². The maximum atomic E-state index is 12.1. The highest BCUT2D eigenvalue weighted by molar-refractivity contribution is 6.41. The molecule has 21 heavy (non-hydrogen) atoms. The van der Waals surface area contributed by atoms with Crippen LogP contribution in [0.4, 0.5) is 0 Å². The molecule has 0 aliphatic heterocycles.